The number of sulfonamides is 1. The molecule has 3 aromatic rings. The van der Waals surface area contributed by atoms with Crippen LogP contribution in [0, 0.1) is 0 Å². The van der Waals surface area contributed by atoms with Gasteiger partial charge in [0.1, 0.15) is 19.8 Å². The Morgan fingerprint density at radius 1 is 0.971 bits per heavy atom. The molecule has 1 aliphatic rings. The van der Waals surface area contributed by atoms with E-state index in [0.29, 0.717) is 36.0 Å². The lowest BCUT2D eigenvalue weighted by Gasteiger charge is -2.24. The second-order valence-electron chi connectivity index (χ2n) is 7.54. The number of carbonyl (C=O) groups excluding carboxylic acids is 1. The van der Waals surface area contributed by atoms with Crippen molar-refractivity contribution in [2.75, 3.05) is 24.1 Å². The average molecular weight is 534 g/mol. The van der Waals surface area contributed by atoms with E-state index in [0.717, 1.165) is 4.31 Å². The first-order chi connectivity index (χ1) is 16.7. The van der Waals surface area contributed by atoms with Crippen LogP contribution in [0.25, 0.3) is 0 Å². The van der Waals surface area contributed by atoms with Gasteiger partial charge in [0.25, 0.3) is 15.9 Å². The maximum atomic E-state index is 13.4. The third kappa shape index (κ3) is 5.87. The minimum Gasteiger partial charge on any atom is -0.486 e. The predicted molar refractivity (Wildman–Crippen MR) is 135 cm³/mol. The number of benzene rings is 3. The van der Waals surface area contributed by atoms with Crippen LogP contribution < -0.4 is 19.2 Å². The standard InChI is InChI=1S/C24H21Cl2N3O5S/c1-16(17-7-8-22-23(11-17)34-10-9-33-22)27-28-24(30)15-29(20-13-18(25)12-19(26)14-20)35(31,32)21-5-3-2-4-6-21/h2-8,11-14H,9-10,15H2,1H3,(H,28,30)/b27-16-. The Labute approximate surface area is 213 Å². The van der Waals surface area contributed by atoms with Gasteiger partial charge in [0.15, 0.2) is 11.5 Å². The molecular weight excluding hydrogens is 513 g/mol. The number of amides is 1. The van der Waals surface area contributed by atoms with E-state index in [1.54, 1.807) is 43.3 Å². The van der Waals surface area contributed by atoms with E-state index >= 15 is 0 Å². The number of rotatable bonds is 7. The summed E-state index contributed by atoms with van der Waals surface area (Å²) in [6, 6.07) is 17.4. The molecule has 11 heteroatoms. The molecule has 0 spiro atoms. The van der Waals surface area contributed by atoms with Crippen molar-refractivity contribution in [2.24, 2.45) is 5.10 Å². The van der Waals surface area contributed by atoms with Crippen molar-refractivity contribution in [2.45, 2.75) is 11.8 Å². The number of nitrogens with one attached hydrogen (secondary N) is 1. The molecule has 0 fully saturated rings. The summed E-state index contributed by atoms with van der Waals surface area (Å²) in [5.74, 6) is 0.573. The predicted octanol–water partition coefficient (Wildman–Crippen LogP) is 4.50. The molecule has 3 aromatic carbocycles. The van der Waals surface area contributed by atoms with Gasteiger partial charge in [0.05, 0.1) is 16.3 Å². The highest BCUT2D eigenvalue weighted by molar-refractivity contribution is 7.92. The first-order valence-corrected chi connectivity index (χ1v) is 12.7. The van der Waals surface area contributed by atoms with Crippen molar-refractivity contribution in [3.05, 3.63) is 82.3 Å². The molecule has 35 heavy (non-hydrogen) atoms. The Kier molecular flexibility index (Phi) is 7.49. The van der Waals surface area contributed by atoms with Gasteiger partial charge in [-0.3, -0.25) is 9.10 Å². The summed E-state index contributed by atoms with van der Waals surface area (Å²) < 4.78 is 38.8. The largest absolute Gasteiger partial charge is 0.486 e. The van der Waals surface area contributed by atoms with Crippen molar-refractivity contribution in [1.29, 1.82) is 0 Å². The summed E-state index contributed by atoms with van der Waals surface area (Å²) in [6.07, 6.45) is 0. The second-order valence-corrected chi connectivity index (χ2v) is 10.3. The summed E-state index contributed by atoms with van der Waals surface area (Å²) >= 11 is 12.2. The second kappa shape index (κ2) is 10.6. The van der Waals surface area contributed by atoms with Gasteiger partial charge in [-0.15, -0.1) is 0 Å². The third-order valence-electron chi connectivity index (χ3n) is 5.06. The van der Waals surface area contributed by atoms with Crippen LogP contribution in [0.5, 0.6) is 11.5 Å². The Morgan fingerprint density at radius 2 is 1.63 bits per heavy atom. The highest BCUT2D eigenvalue weighted by Crippen LogP contribution is 2.31. The fourth-order valence-electron chi connectivity index (χ4n) is 3.36. The lowest BCUT2D eigenvalue weighted by Crippen LogP contribution is -2.39. The van der Waals surface area contributed by atoms with Crippen molar-refractivity contribution < 1.29 is 22.7 Å². The molecule has 0 saturated heterocycles. The SMILES string of the molecule is C/C(=N/NC(=O)CN(c1cc(Cl)cc(Cl)c1)S(=O)(=O)c1ccccc1)c1ccc2c(c1)OCCO2. The van der Waals surface area contributed by atoms with Gasteiger partial charge < -0.3 is 9.47 Å². The first-order valence-electron chi connectivity index (χ1n) is 10.5. The highest BCUT2D eigenvalue weighted by Gasteiger charge is 2.27. The van der Waals surface area contributed by atoms with Crippen LogP contribution in [0.15, 0.2) is 76.7 Å². The van der Waals surface area contributed by atoms with E-state index in [-0.39, 0.29) is 20.6 Å². The molecule has 1 amide bonds. The molecule has 8 nitrogen and oxygen atoms in total. The van der Waals surface area contributed by atoms with Gasteiger partial charge in [-0.05, 0) is 55.5 Å². The molecule has 0 saturated carbocycles. The quantitative estimate of drug-likeness (QED) is 0.356. The Bertz CT molecular complexity index is 1360. The minimum atomic E-state index is -4.11. The van der Waals surface area contributed by atoms with Gasteiger partial charge in [0.2, 0.25) is 0 Å². The zero-order chi connectivity index (χ0) is 25.0. The number of ether oxygens (including phenoxy) is 2. The Morgan fingerprint density at radius 3 is 2.31 bits per heavy atom. The zero-order valence-electron chi connectivity index (χ0n) is 18.6. The fraction of sp³-hybridized carbons (Fsp3) is 0.167. The molecule has 0 radical (unpaired) electrons. The van der Waals surface area contributed by atoms with Crippen LogP contribution in [-0.4, -0.2) is 39.8 Å². The molecule has 1 aliphatic heterocycles. The molecule has 0 aliphatic carbocycles. The van der Waals surface area contributed by atoms with Gasteiger partial charge in [-0.25, -0.2) is 13.8 Å². The van der Waals surface area contributed by atoms with E-state index in [9.17, 15) is 13.2 Å². The monoisotopic (exact) mass is 533 g/mol. The maximum absolute atomic E-state index is 13.4. The van der Waals surface area contributed by atoms with Crippen molar-refractivity contribution in [1.82, 2.24) is 5.43 Å². The van der Waals surface area contributed by atoms with E-state index < -0.39 is 22.5 Å². The number of fused-ring (bicyclic) bond motifs is 1. The number of halogens is 2. The number of anilines is 1. The molecule has 0 unspecified atom stereocenters. The number of hydrazone groups is 1. The lowest BCUT2D eigenvalue weighted by atomic mass is 10.1. The van der Waals surface area contributed by atoms with Crippen LogP contribution in [0.3, 0.4) is 0 Å². The average Bonchev–Trinajstić information content (AvgIpc) is 2.85. The smallest absolute Gasteiger partial charge is 0.264 e. The third-order valence-corrected chi connectivity index (χ3v) is 7.29. The summed E-state index contributed by atoms with van der Waals surface area (Å²) in [7, 11) is -4.11. The maximum Gasteiger partial charge on any atom is 0.264 e. The van der Waals surface area contributed by atoms with Gasteiger partial charge >= 0.3 is 0 Å². The lowest BCUT2D eigenvalue weighted by molar-refractivity contribution is -0.119. The van der Waals surface area contributed by atoms with Gasteiger partial charge in [-0.1, -0.05) is 41.4 Å². The summed E-state index contributed by atoms with van der Waals surface area (Å²) in [5.41, 5.74) is 3.78. The zero-order valence-corrected chi connectivity index (χ0v) is 20.9. The van der Waals surface area contributed by atoms with Crippen molar-refractivity contribution >= 4 is 50.5 Å². The highest BCUT2D eigenvalue weighted by atomic mass is 35.5. The van der Waals surface area contributed by atoms with Crippen LogP contribution in [0.2, 0.25) is 10.0 Å². The van der Waals surface area contributed by atoms with E-state index in [1.807, 2.05) is 0 Å². The number of nitrogens with zero attached hydrogens (tertiary/aromatic N) is 2. The van der Waals surface area contributed by atoms with Gasteiger partial charge in [-0.2, -0.15) is 5.10 Å². The molecule has 1 heterocycles. The molecule has 1 N–H and O–H groups in total. The van der Waals surface area contributed by atoms with Crippen LogP contribution in [0.1, 0.15) is 12.5 Å². The first kappa shape index (κ1) is 24.8. The number of carbonyl (C=O) groups is 1. The van der Waals surface area contributed by atoms with E-state index in [4.69, 9.17) is 32.7 Å². The molecule has 0 bridgehead atoms. The molecule has 0 atom stereocenters. The molecule has 182 valence electrons. The van der Waals surface area contributed by atoms with Gasteiger partial charge in [0, 0.05) is 15.6 Å². The van der Waals surface area contributed by atoms with Crippen molar-refractivity contribution in [3.63, 3.8) is 0 Å². The normalized spacial score (nSPS) is 13.3. The Balaban J connectivity index is 1.58. The number of hydrogen-bond donors (Lipinski definition) is 1. The Hall–Kier alpha value is -3.27. The van der Waals surface area contributed by atoms with Crippen molar-refractivity contribution in [3.8, 4) is 11.5 Å². The van der Waals surface area contributed by atoms with E-state index in [2.05, 4.69) is 10.5 Å². The topological polar surface area (TPSA) is 97.3 Å². The summed E-state index contributed by atoms with van der Waals surface area (Å²) in [6.45, 7) is 2.09. The van der Waals surface area contributed by atoms with E-state index in [1.165, 1.54) is 30.3 Å². The number of hydrogen-bond acceptors (Lipinski definition) is 6. The summed E-state index contributed by atoms with van der Waals surface area (Å²) in [5, 5.41) is 4.59. The van der Waals surface area contributed by atoms with Crippen LogP contribution in [0.4, 0.5) is 5.69 Å². The minimum absolute atomic E-state index is 0.0138. The summed E-state index contributed by atoms with van der Waals surface area (Å²) in [4.78, 5) is 12.8. The van der Waals surface area contributed by atoms with Crippen LogP contribution in [-0.2, 0) is 14.8 Å². The molecule has 4 rings (SSSR count). The van der Waals surface area contributed by atoms with Crippen LogP contribution >= 0.6 is 23.2 Å². The fourth-order valence-corrected chi connectivity index (χ4v) is 5.30. The molecule has 0 aromatic heterocycles. The molecular formula is C24H21Cl2N3O5S.